The van der Waals surface area contributed by atoms with E-state index in [0.29, 0.717) is 18.2 Å². The van der Waals surface area contributed by atoms with Crippen LogP contribution in [-0.4, -0.2) is 25.2 Å². The molecule has 0 fully saturated rings. The molecule has 2 rings (SSSR count). The van der Waals surface area contributed by atoms with Gasteiger partial charge in [-0.25, -0.2) is 8.78 Å². The maximum Gasteiger partial charge on any atom is 0.264 e. The molecule has 0 radical (unpaired) electrons. The molecule has 0 N–H and O–H groups in total. The molecular formula is C24H31F2NO2. The Morgan fingerprint density at radius 3 is 2.24 bits per heavy atom. The quantitative estimate of drug-likeness (QED) is 0.470. The Kier molecular flexibility index (Phi) is 8.32. The molecular weight excluding hydrogens is 372 g/mol. The van der Waals surface area contributed by atoms with E-state index in [4.69, 9.17) is 4.74 Å². The number of carbonyl (C=O) groups excluding carboxylic acids is 1. The van der Waals surface area contributed by atoms with E-state index in [1.54, 1.807) is 19.2 Å². The summed E-state index contributed by atoms with van der Waals surface area (Å²) >= 11 is 0. The molecule has 158 valence electrons. The minimum absolute atomic E-state index is 0.145. The average molecular weight is 404 g/mol. The van der Waals surface area contributed by atoms with Crippen LogP contribution in [0.15, 0.2) is 48.5 Å². The standard InChI is InChI=1S/C24H31F2NO2/c1-18(10-9-16-24(2,3)29-4)15-17-27(19-11-6-5-7-12-19)23(28)22-20(25)13-8-14-21(22)26/h5-8,11-14,18H,9-10,15-17H2,1-4H3. The highest BCUT2D eigenvalue weighted by atomic mass is 19.1. The van der Waals surface area contributed by atoms with E-state index in [2.05, 4.69) is 20.8 Å². The fraction of sp³-hybridized carbons (Fsp3) is 0.458. The van der Waals surface area contributed by atoms with Gasteiger partial charge in [0.05, 0.1) is 5.60 Å². The second-order valence-corrected chi connectivity index (χ2v) is 8.14. The molecule has 0 aliphatic carbocycles. The zero-order valence-electron chi connectivity index (χ0n) is 17.8. The van der Waals surface area contributed by atoms with Crippen molar-refractivity contribution in [2.24, 2.45) is 5.92 Å². The molecule has 1 atom stereocenters. The van der Waals surface area contributed by atoms with E-state index in [9.17, 15) is 13.6 Å². The van der Waals surface area contributed by atoms with Gasteiger partial charge in [0.2, 0.25) is 0 Å². The number of ether oxygens (including phenoxy) is 1. The van der Waals surface area contributed by atoms with Crippen LogP contribution >= 0.6 is 0 Å². The first-order chi connectivity index (χ1) is 13.7. The largest absolute Gasteiger partial charge is 0.379 e. The number of amides is 1. The predicted octanol–water partition coefficient (Wildman–Crippen LogP) is 6.23. The van der Waals surface area contributed by atoms with Crippen LogP contribution in [0.3, 0.4) is 0 Å². The molecule has 0 heterocycles. The Labute approximate surface area is 172 Å². The van der Waals surface area contributed by atoms with Crippen molar-refractivity contribution in [1.82, 2.24) is 0 Å². The molecule has 1 unspecified atom stereocenters. The van der Waals surface area contributed by atoms with Crippen LogP contribution in [0, 0.1) is 17.6 Å². The monoisotopic (exact) mass is 403 g/mol. The Hall–Kier alpha value is -2.27. The van der Waals surface area contributed by atoms with Gasteiger partial charge in [-0.05, 0) is 56.9 Å². The minimum Gasteiger partial charge on any atom is -0.379 e. The fourth-order valence-corrected chi connectivity index (χ4v) is 3.27. The van der Waals surface area contributed by atoms with Crippen LogP contribution in [0.25, 0.3) is 0 Å². The molecule has 0 aromatic heterocycles. The summed E-state index contributed by atoms with van der Waals surface area (Å²) < 4.78 is 33.8. The number of hydrogen-bond donors (Lipinski definition) is 0. The molecule has 3 nitrogen and oxygen atoms in total. The van der Waals surface area contributed by atoms with Gasteiger partial charge in [0.1, 0.15) is 17.2 Å². The third kappa shape index (κ3) is 6.64. The van der Waals surface area contributed by atoms with E-state index in [1.807, 2.05) is 18.2 Å². The van der Waals surface area contributed by atoms with Crippen molar-refractivity contribution in [2.75, 3.05) is 18.6 Å². The summed E-state index contributed by atoms with van der Waals surface area (Å²) in [6.07, 6.45) is 3.71. The number of nitrogens with zero attached hydrogens (tertiary/aromatic N) is 1. The zero-order chi connectivity index (χ0) is 21.4. The number of methoxy groups -OCH3 is 1. The number of benzene rings is 2. The van der Waals surface area contributed by atoms with Gasteiger partial charge in [-0.2, -0.15) is 0 Å². The van der Waals surface area contributed by atoms with Gasteiger partial charge in [0.25, 0.3) is 5.91 Å². The lowest BCUT2D eigenvalue weighted by atomic mass is 9.94. The third-order valence-electron chi connectivity index (χ3n) is 5.36. The van der Waals surface area contributed by atoms with Crippen LogP contribution < -0.4 is 4.90 Å². The summed E-state index contributed by atoms with van der Waals surface area (Å²) in [5, 5.41) is 0. The SMILES string of the molecule is COC(C)(C)CCCC(C)CCN(C(=O)c1c(F)cccc1F)c1ccccc1. The van der Waals surface area contributed by atoms with Crippen molar-refractivity contribution in [1.29, 1.82) is 0 Å². The highest BCUT2D eigenvalue weighted by molar-refractivity contribution is 6.06. The van der Waals surface area contributed by atoms with Crippen LogP contribution in [0.1, 0.15) is 56.8 Å². The van der Waals surface area contributed by atoms with Crippen molar-refractivity contribution in [3.63, 3.8) is 0 Å². The lowest BCUT2D eigenvalue weighted by Gasteiger charge is -2.26. The van der Waals surface area contributed by atoms with Gasteiger partial charge < -0.3 is 9.64 Å². The van der Waals surface area contributed by atoms with Crippen LogP contribution in [-0.2, 0) is 4.74 Å². The highest BCUT2D eigenvalue weighted by Gasteiger charge is 2.25. The summed E-state index contributed by atoms with van der Waals surface area (Å²) in [7, 11) is 1.72. The minimum atomic E-state index is -0.842. The molecule has 0 saturated heterocycles. The number of para-hydroxylation sites is 1. The van der Waals surface area contributed by atoms with E-state index >= 15 is 0 Å². The van der Waals surface area contributed by atoms with E-state index < -0.39 is 23.1 Å². The van der Waals surface area contributed by atoms with Gasteiger partial charge in [-0.3, -0.25) is 4.79 Å². The Balaban J connectivity index is 2.09. The number of hydrogen-bond acceptors (Lipinski definition) is 2. The Bertz CT molecular complexity index is 772. The Morgan fingerprint density at radius 2 is 1.66 bits per heavy atom. The fourth-order valence-electron chi connectivity index (χ4n) is 3.27. The molecule has 5 heteroatoms. The first-order valence-electron chi connectivity index (χ1n) is 10.1. The maximum absolute atomic E-state index is 14.2. The predicted molar refractivity (Wildman–Crippen MR) is 113 cm³/mol. The second-order valence-electron chi connectivity index (χ2n) is 8.14. The first-order valence-corrected chi connectivity index (χ1v) is 10.1. The van der Waals surface area contributed by atoms with Gasteiger partial charge in [0, 0.05) is 19.3 Å². The summed E-state index contributed by atoms with van der Waals surface area (Å²) in [6.45, 7) is 6.66. The molecule has 29 heavy (non-hydrogen) atoms. The normalized spacial score (nSPS) is 12.6. The number of carbonyl (C=O) groups is 1. The van der Waals surface area contributed by atoms with Crippen molar-refractivity contribution in [3.8, 4) is 0 Å². The second kappa shape index (κ2) is 10.5. The van der Waals surface area contributed by atoms with Gasteiger partial charge in [-0.1, -0.05) is 44.0 Å². The topological polar surface area (TPSA) is 29.5 Å². The summed E-state index contributed by atoms with van der Waals surface area (Å²) in [5.74, 6) is -1.97. The molecule has 0 spiro atoms. The smallest absolute Gasteiger partial charge is 0.264 e. The summed E-state index contributed by atoms with van der Waals surface area (Å²) in [6, 6.07) is 12.5. The molecule has 2 aromatic carbocycles. The van der Waals surface area contributed by atoms with Crippen LogP contribution in [0.5, 0.6) is 0 Å². The van der Waals surface area contributed by atoms with Crippen LogP contribution in [0.4, 0.5) is 14.5 Å². The molecule has 0 aliphatic rings. The molecule has 0 saturated carbocycles. The van der Waals surface area contributed by atoms with Gasteiger partial charge in [-0.15, -0.1) is 0 Å². The van der Waals surface area contributed by atoms with Gasteiger partial charge in [0.15, 0.2) is 0 Å². The zero-order valence-corrected chi connectivity index (χ0v) is 17.8. The molecule has 0 aliphatic heterocycles. The van der Waals surface area contributed by atoms with E-state index in [-0.39, 0.29) is 5.60 Å². The van der Waals surface area contributed by atoms with Crippen molar-refractivity contribution >= 4 is 11.6 Å². The average Bonchev–Trinajstić information content (AvgIpc) is 2.68. The maximum atomic E-state index is 14.2. The summed E-state index contributed by atoms with van der Waals surface area (Å²) in [5.41, 5.74) is -0.0209. The van der Waals surface area contributed by atoms with Crippen LogP contribution in [0.2, 0.25) is 0 Å². The lowest BCUT2D eigenvalue weighted by molar-refractivity contribution is 0.0127. The van der Waals surface area contributed by atoms with Crippen molar-refractivity contribution in [3.05, 3.63) is 65.7 Å². The lowest BCUT2D eigenvalue weighted by Crippen LogP contribution is -2.34. The number of anilines is 1. The molecule has 0 bridgehead atoms. The van der Waals surface area contributed by atoms with E-state index in [0.717, 1.165) is 37.8 Å². The summed E-state index contributed by atoms with van der Waals surface area (Å²) in [4.78, 5) is 14.5. The van der Waals surface area contributed by atoms with E-state index in [1.165, 1.54) is 11.0 Å². The van der Waals surface area contributed by atoms with Gasteiger partial charge >= 0.3 is 0 Å². The van der Waals surface area contributed by atoms with Crippen molar-refractivity contribution in [2.45, 2.75) is 52.1 Å². The highest BCUT2D eigenvalue weighted by Crippen LogP contribution is 2.24. The molecule has 2 aromatic rings. The first kappa shape index (κ1) is 23.0. The molecule has 1 amide bonds. The third-order valence-corrected chi connectivity index (χ3v) is 5.36. The van der Waals surface area contributed by atoms with Crippen molar-refractivity contribution < 1.29 is 18.3 Å². The Morgan fingerprint density at radius 1 is 1.03 bits per heavy atom. The number of rotatable bonds is 10. The number of halogens is 2.